The predicted molar refractivity (Wildman–Crippen MR) is 68.9 cm³/mol. The van der Waals surface area contributed by atoms with Crippen molar-refractivity contribution >= 4 is 22.9 Å². The number of nitrogens with two attached hydrogens (primary N) is 1. The first-order valence-corrected chi connectivity index (χ1v) is 6.26. The predicted octanol–water partition coefficient (Wildman–Crippen LogP) is 3.35. The van der Waals surface area contributed by atoms with Crippen LogP contribution in [0.2, 0.25) is 5.02 Å². The Morgan fingerprint density at radius 1 is 1.44 bits per heavy atom. The van der Waals surface area contributed by atoms with Gasteiger partial charge >= 0.3 is 0 Å². The minimum Gasteiger partial charge on any atom is -0.323 e. The molecule has 2 aromatic heterocycles. The number of hydrogen-bond acceptors (Lipinski definition) is 3. The number of halogens is 1. The fourth-order valence-electron chi connectivity index (χ4n) is 1.56. The highest BCUT2D eigenvalue weighted by Gasteiger charge is 2.11. The van der Waals surface area contributed by atoms with Crippen LogP contribution in [0.4, 0.5) is 0 Å². The van der Waals surface area contributed by atoms with Gasteiger partial charge in [0.1, 0.15) is 0 Å². The van der Waals surface area contributed by atoms with Gasteiger partial charge in [-0.1, -0.05) is 11.6 Å². The van der Waals surface area contributed by atoms with E-state index < -0.39 is 0 Å². The highest BCUT2D eigenvalue weighted by Crippen LogP contribution is 2.25. The Balaban J connectivity index is 2.13. The first kappa shape index (κ1) is 11.6. The van der Waals surface area contributed by atoms with Gasteiger partial charge in [-0.25, -0.2) is 0 Å². The van der Waals surface area contributed by atoms with Gasteiger partial charge in [-0.3, -0.25) is 4.98 Å². The zero-order chi connectivity index (χ0) is 11.5. The molecular weight excluding hydrogens is 240 g/mol. The summed E-state index contributed by atoms with van der Waals surface area (Å²) in [4.78, 5) is 6.44. The molecule has 0 aliphatic carbocycles. The van der Waals surface area contributed by atoms with E-state index in [-0.39, 0.29) is 6.04 Å². The smallest absolute Gasteiger partial charge is 0.0622 e. The maximum atomic E-state index is 6.14. The van der Waals surface area contributed by atoms with Crippen molar-refractivity contribution < 1.29 is 0 Å². The van der Waals surface area contributed by atoms with Gasteiger partial charge in [0, 0.05) is 28.2 Å². The molecule has 4 heteroatoms. The number of aromatic nitrogens is 1. The summed E-state index contributed by atoms with van der Waals surface area (Å²) in [5, 5.41) is 0.686. The summed E-state index contributed by atoms with van der Waals surface area (Å²) in [5.74, 6) is 0. The van der Waals surface area contributed by atoms with E-state index in [9.17, 15) is 0 Å². The summed E-state index contributed by atoms with van der Waals surface area (Å²) in [7, 11) is 0. The second-order valence-electron chi connectivity index (χ2n) is 3.73. The van der Waals surface area contributed by atoms with Crippen LogP contribution in [0.1, 0.15) is 21.4 Å². The summed E-state index contributed by atoms with van der Waals surface area (Å²) >= 11 is 7.78. The zero-order valence-corrected chi connectivity index (χ0v) is 10.6. The number of thiophene rings is 1. The molecule has 0 amide bonds. The molecule has 0 aliphatic heterocycles. The second kappa shape index (κ2) is 4.95. The number of hydrogen-bond donors (Lipinski definition) is 1. The van der Waals surface area contributed by atoms with E-state index in [1.165, 1.54) is 9.75 Å². The maximum absolute atomic E-state index is 6.14. The SMILES string of the molecule is Cc1ccc(C(N)Cc2ccncc2Cl)s1. The third kappa shape index (κ3) is 2.61. The Hall–Kier alpha value is -0.900. The zero-order valence-electron chi connectivity index (χ0n) is 8.98. The second-order valence-corrected chi connectivity index (χ2v) is 5.45. The summed E-state index contributed by atoms with van der Waals surface area (Å²) in [5.41, 5.74) is 7.19. The van der Waals surface area contributed by atoms with Gasteiger partial charge in [-0.15, -0.1) is 11.3 Å². The molecule has 84 valence electrons. The lowest BCUT2D eigenvalue weighted by atomic mass is 10.1. The van der Waals surface area contributed by atoms with Gasteiger partial charge in [0.05, 0.1) is 5.02 Å². The Morgan fingerprint density at radius 2 is 2.25 bits per heavy atom. The Kier molecular flexibility index (Phi) is 3.59. The largest absolute Gasteiger partial charge is 0.323 e. The topological polar surface area (TPSA) is 38.9 Å². The van der Waals surface area contributed by atoms with Crippen LogP contribution < -0.4 is 5.73 Å². The van der Waals surface area contributed by atoms with E-state index in [2.05, 4.69) is 24.0 Å². The monoisotopic (exact) mass is 252 g/mol. The first-order chi connectivity index (χ1) is 7.66. The fraction of sp³-hybridized carbons (Fsp3) is 0.250. The Labute approximate surface area is 104 Å². The van der Waals surface area contributed by atoms with E-state index in [4.69, 9.17) is 17.3 Å². The molecule has 16 heavy (non-hydrogen) atoms. The highest BCUT2D eigenvalue weighted by molar-refractivity contribution is 7.12. The lowest BCUT2D eigenvalue weighted by molar-refractivity contribution is 0.736. The number of nitrogens with zero attached hydrogens (tertiary/aromatic N) is 1. The van der Waals surface area contributed by atoms with E-state index in [0.29, 0.717) is 5.02 Å². The van der Waals surface area contributed by atoms with Crippen molar-refractivity contribution in [3.63, 3.8) is 0 Å². The van der Waals surface area contributed by atoms with Gasteiger partial charge in [-0.05, 0) is 37.1 Å². The summed E-state index contributed by atoms with van der Waals surface area (Å²) in [6.45, 7) is 2.08. The minimum atomic E-state index is 0.0126. The van der Waals surface area contributed by atoms with Crippen LogP contribution in [0.25, 0.3) is 0 Å². The fourth-order valence-corrected chi connectivity index (χ4v) is 2.63. The van der Waals surface area contributed by atoms with Gasteiger partial charge < -0.3 is 5.73 Å². The molecule has 0 aromatic carbocycles. The van der Waals surface area contributed by atoms with Crippen molar-refractivity contribution in [1.82, 2.24) is 4.98 Å². The van der Waals surface area contributed by atoms with Crippen LogP contribution in [-0.2, 0) is 6.42 Å². The molecule has 0 fully saturated rings. The third-order valence-corrected chi connectivity index (χ3v) is 3.90. The van der Waals surface area contributed by atoms with Crippen LogP contribution in [0.3, 0.4) is 0 Å². The molecule has 1 atom stereocenters. The summed E-state index contributed by atoms with van der Waals surface area (Å²) < 4.78 is 0. The van der Waals surface area contributed by atoms with Crippen LogP contribution in [0.5, 0.6) is 0 Å². The molecule has 1 unspecified atom stereocenters. The Morgan fingerprint density at radius 3 is 2.88 bits per heavy atom. The molecule has 0 saturated carbocycles. The van der Waals surface area contributed by atoms with E-state index in [0.717, 1.165) is 12.0 Å². The van der Waals surface area contributed by atoms with Crippen molar-refractivity contribution in [2.24, 2.45) is 5.73 Å². The average Bonchev–Trinajstić information content (AvgIpc) is 2.68. The van der Waals surface area contributed by atoms with Crippen molar-refractivity contribution in [1.29, 1.82) is 0 Å². The molecule has 0 radical (unpaired) electrons. The molecule has 2 heterocycles. The number of aryl methyl sites for hydroxylation is 1. The van der Waals surface area contributed by atoms with Crippen LogP contribution in [0.15, 0.2) is 30.6 Å². The third-order valence-electron chi connectivity index (χ3n) is 2.42. The van der Waals surface area contributed by atoms with Crippen molar-refractivity contribution in [2.45, 2.75) is 19.4 Å². The molecule has 0 spiro atoms. The number of rotatable bonds is 3. The molecule has 0 bridgehead atoms. The first-order valence-electron chi connectivity index (χ1n) is 5.07. The standard InChI is InChI=1S/C12H13ClN2S/c1-8-2-3-12(16-8)11(14)6-9-4-5-15-7-10(9)13/h2-5,7,11H,6,14H2,1H3. The van der Waals surface area contributed by atoms with Crippen molar-refractivity contribution in [3.8, 4) is 0 Å². The molecule has 0 saturated heterocycles. The van der Waals surface area contributed by atoms with Crippen molar-refractivity contribution in [2.75, 3.05) is 0 Å². The Bertz CT molecular complexity index is 481. The van der Waals surface area contributed by atoms with Gasteiger partial charge in [0.2, 0.25) is 0 Å². The van der Waals surface area contributed by atoms with Gasteiger partial charge in [0.15, 0.2) is 0 Å². The number of pyridine rings is 1. The lowest BCUT2D eigenvalue weighted by Crippen LogP contribution is -2.12. The highest BCUT2D eigenvalue weighted by atomic mass is 35.5. The maximum Gasteiger partial charge on any atom is 0.0622 e. The molecule has 2 rings (SSSR count). The molecular formula is C12H13ClN2S. The van der Waals surface area contributed by atoms with Crippen LogP contribution in [-0.4, -0.2) is 4.98 Å². The van der Waals surface area contributed by atoms with E-state index >= 15 is 0 Å². The molecule has 2 N–H and O–H groups in total. The molecule has 2 aromatic rings. The lowest BCUT2D eigenvalue weighted by Gasteiger charge is -2.10. The van der Waals surface area contributed by atoms with Gasteiger partial charge in [-0.2, -0.15) is 0 Å². The van der Waals surface area contributed by atoms with Crippen LogP contribution in [0, 0.1) is 6.92 Å². The van der Waals surface area contributed by atoms with Crippen LogP contribution >= 0.6 is 22.9 Å². The van der Waals surface area contributed by atoms with E-state index in [1.807, 2.05) is 6.07 Å². The van der Waals surface area contributed by atoms with Crippen molar-refractivity contribution in [3.05, 3.63) is 50.9 Å². The summed E-state index contributed by atoms with van der Waals surface area (Å²) in [6, 6.07) is 6.11. The summed E-state index contributed by atoms with van der Waals surface area (Å²) in [6.07, 6.45) is 4.15. The molecule has 2 nitrogen and oxygen atoms in total. The van der Waals surface area contributed by atoms with E-state index in [1.54, 1.807) is 23.7 Å². The van der Waals surface area contributed by atoms with Gasteiger partial charge in [0.25, 0.3) is 0 Å². The minimum absolute atomic E-state index is 0.0126. The normalized spacial score (nSPS) is 12.7. The average molecular weight is 253 g/mol. The molecule has 0 aliphatic rings. The quantitative estimate of drug-likeness (QED) is 0.910.